The van der Waals surface area contributed by atoms with Crippen LogP contribution >= 0.6 is 11.3 Å². The normalized spacial score (nSPS) is 11.7. The Bertz CT molecular complexity index is 981. The van der Waals surface area contributed by atoms with Gasteiger partial charge in [-0.15, -0.1) is 10.2 Å². The summed E-state index contributed by atoms with van der Waals surface area (Å²) in [6.07, 6.45) is 0. The Labute approximate surface area is 170 Å². The van der Waals surface area contributed by atoms with Crippen LogP contribution < -0.4 is 10.6 Å². The molecule has 1 unspecified atom stereocenters. The molecule has 0 saturated heterocycles. The molecule has 29 heavy (non-hydrogen) atoms. The summed E-state index contributed by atoms with van der Waals surface area (Å²) >= 11 is 1.04. The summed E-state index contributed by atoms with van der Waals surface area (Å²) in [5.41, 5.74) is 1.33. The predicted octanol–water partition coefficient (Wildman–Crippen LogP) is 3.32. The summed E-state index contributed by atoms with van der Waals surface area (Å²) in [6, 6.07) is 15.0. The van der Waals surface area contributed by atoms with Crippen LogP contribution in [-0.4, -0.2) is 28.6 Å². The van der Waals surface area contributed by atoms with E-state index in [1.54, 1.807) is 6.07 Å². The van der Waals surface area contributed by atoms with E-state index in [0.717, 1.165) is 16.9 Å². The molecule has 1 heterocycles. The molecule has 0 fully saturated rings. The molecule has 3 aromatic rings. The van der Waals surface area contributed by atoms with E-state index in [-0.39, 0.29) is 30.2 Å². The average Bonchev–Trinajstić information content (AvgIpc) is 3.18. The number of carbonyl (C=O) groups excluding carboxylic acids is 2. The first-order chi connectivity index (χ1) is 14.0. The van der Waals surface area contributed by atoms with Crippen LogP contribution in [0.3, 0.4) is 0 Å². The van der Waals surface area contributed by atoms with Gasteiger partial charge in [-0.3, -0.25) is 9.59 Å². The number of aromatic nitrogens is 2. The average molecular weight is 414 g/mol. The topological polar surface area (TPSA) is 93.2 Å². The maximum atomic E-state index is 13.2. The third-order valence-corrected chi connectivity index (χ3v) is 4.77. The monoisotopic (exact) mass is 414 g/mol. The summed E-state index contributed by atoms with van der Waals surface area (Å²) in [7, 11) is 0. The first-order valence-corrected chi connectivity index (χ1v) is 9.64. The molecule has 2 aromatic carbocycles. The molecule has 1 aromatic heterocycles. The van der Waals surface area contributed by atoms with Gasteiger partial charge in [0, 0.05) is 5.69 Å². The van der Waals surface area contributed by atoms with Crippen molar-refractivity contribution >= 4 is 28.8 Å². The van der Waals surface area contributed by atoms with Crippen LogP contribution in [0.1, 0.15) is 33.3 Å². The number of rotatable bonds is 8. The molecule has 0 aliphatic rings. The molecular weight excluding hydrogens is 395 g/mol. The maximum Gasteiger partial charge on any atom is 0.286 e. The van der Waals surface area contributed by atoms with Crippen molar-refractivity contribution in [3.05, 3.63) is 76.0 Å². The van der Waals surface area contributed by atoms with E-state index >= 15 is 0 Å². The standard InChI is InChI=1S/C20H19FN4O3S/c1-13(14-6-3-2-4-7-14)22-17(26)11-28-12-18-24-25-20(29-18)19(27)23-16-9-5-8-15(21)10-16/h2-10,13H,11-12H2,1H3,(H,22,26)(H,23,27). The molecule has 150 valence electrons. The Kier molecular flexibility index (Phi) is 6.99. The molecule has 1 atom stereocenters. The van der Waals surface area contributed by atoms with Gasteiger partial charge in [-0.05, 0) is 30.7 Å². The lowest BCUT2D eigenvalue weighted by Gasteiger charge is -2.14. The smallest absolute Gasteiger partial charge is 0.286 e. The van der Waals surface area contributed by atoms with Gasteiger partial charge in [0.05, 0.1) is 6.04 Å². The zero-order valence-corrected chi connectivity index (χ0v) is 16.4. The molecule has 0 saturated carbocycles. The van der Waals surface area contributed by atoms with Gasteiger partial charge >= 0.3 is 0 Å². The van der Waals surface area contributed by atoms with Crippen LogP contribution in [-0.2, 0) is 16.1 Å². The van der Waals surface area contributed by atoms with Gasteiger partial charge in [0.1, 0.15) is 24.0 Å². The molecule has 0 radical (unpaired) electrons. The van der Waals surface area contributed by atoms with E-state index in [1.165, 1.54) is 18.2 Å². The van der Waals surface area contributed by atoms with Gasteiger partial charge in [0.2, 0.25) is 10.9 Å². The fourth-order valence-electron chi connectivity index (χ4n) is 2.49. The van der Waals surface area contributed by atoms with Gasteiger partial charge in [-0.2, -0.15) is 0 Å². The second-order valence-corrected chi connectivity index (χ2v) is 7.22. The first kappa shape index (κ1) is 20.6. The first-order valence-electron chi connectivity index (χ1n) is 8.82. The zero-order valence-electron chi connectivity index (χ0n) is 15.6. The van der Waals surface area contributed by atoms with Crippen LogP contribution in [0.15, 0.2) is 54.6 Å². The highest BCUT2D eigenvalue weighted by atomic mass is 32.1. The van der Waals surface area contributed by atoms with Crippen LogP contribution in [0, 0.1) is 5.82 Å². The minimum atomic E-state index is -0.492. The number of nitrogens with one attached hydrogen (secondary N) is 2. The lowest BCUT2D eigenvalue weighted by atomic mass is 10.1. The van der Waals surface area contributed by atoms with E-state index in [1.807, 2.05) is 37.3 Å². The summed E-state index contributed by atoms with van der Waals surface area (Å²) in [6.45, 7) is 1.81. The Morgan fingerprint density at radius 1 is 1.14 bits per heavy atom. The third-order valence-electron chi connectivity index (χ3n) is 3.88. The third kappa shape index (κ3) is 6.16. The predicted molar refractivity (Wildman–Crippen MR) is 107 cm³/mol. The number of carbonyl (C=O) groups is 2. The van der Waals surface area contributed by atoms with Crippen molar-refractivity contribution in [3.8, 4) is 0 Å². The van der Waals surface area contributed by atoms with Gasteiger partial charge < -0.3 is 15.4 Å². The quantitative estimate of drug-likeness (QED) is 0.590. The van der Waals surface area contributed by atoms with E-state index in [2.05, 4.69) is 20.8 Å². The zero-order chi connectivity index (χ0) is 20.6. The molecule has 2 N–H and O–H groups in total. The number of hydrogen-bond donors (Lipinski definition) is 2. The Morgan fingerprint density at radius 3 is 2.69 bits per heavy atom. The number of hydrogen-bond acceptors (Lipinski definition) is 6. The van der Waals surface area contributed by atoms with Crippen molar-refractivity contribution in [1.82, 2.24) is 15.5 Å². The van der Waals surface area contributed by atoms with Crippen LogP contribution in [0.5, 0.6) is 0 Å². The van der Waals surface area contributed by atoms with Gasteiger partial charge in [-0.25, -0.2) is 4.39 Å². The highest BCUT2D eigenvalue weighted by Crippen LogP contribution is 2.15. The van der Waals surface area contributed by atoms with Gasteiger partial charge in [0.25, 0.3) is 5.91 Å². The summed E-state index contributed by atoms with van der Waals surface area (Å²) in [4.78, 5) is 24.1. The molecular formula is C20H19FN4O3S. The summed E-state index contributed by atoms with van der Waals surface area (Å²) in [5.74, 6) is -1.20. The van der Waals surface area contributed by atoms with Crippen LogP contribution in [0.25, 0.3) is 0 Å². The Hall–Kier alpha value is -3.17. The van der Waals surface area contributed by atoms with E-state index < -0.39 is 11.7 Å². The molecule has 3 rings (SSSR count). The molecule has 9 heteroatoms. The van der Waals surface area contributed by atoms with E-state index in [9.17, 15) is 14.0 Å². The van der Waals surface area contributed by atoms with Crippen molar-refractivity contribution < 1.29 is 18.7 Å². The van der Waals surface area contributed by atoms with Crippen molar-refractivity contribution in [1.29, 1.82) is 0 Å². The van der Waals surface area contributed by atoms with E-state index in [0.29, 0.717) is 10.7 Å². The lowest BCUT2D eigenvalue weighted by Crippen LogP contribution is -2.30. The van der Waals surface area contributed by atoms with Crippen molar-refractivity contribution in [2.45, 2.75) is 19.6 Å². The number of amides is 2. The molecule has 0 aliphatic heterocycles. The maximum absolute atomic E-state index is 13.2. The summed E-state index contributed by atoms with van der Waals surface area (Å²) < 4.78 is 18.5. The van der Waals surface area contributed by atoms with Crippen molar-refractivity contribution in [3.63, 3.8) is 0 Å². The molecule has 7 nitrogen and oxygen atoms in total. The van der Waals surface area contributed by atoms with Gasteiger partial charge in [-0.1, -0.05) is 47.7 Å². The number of nitrogens with zero attached hydrogens (tertiary/aromatic N) is 2. The minimum absolute atomic E-state index is 0.0536. The number of ether oxygens (including phenoxy) is 1. The fourth-order valence-corrected chi connectivity index (χ4v) is 3.17. The fraction of sp³-hybridized carbons (Fsp3) is 0.200. The highest BCUT2D eigenvalue weighted by Gasteiger charge is 2.14. The minimum Gasteiger partial charge on any atom is -0.364 e. The Balaban J connectivity index is 1.44. The SMILES string of the molecule is CC(NC(=O)COCc1nnc(C(=O)Nc2cccc(F)c2)s1)c1ccccc1. The largest absolute Gasteiger partial charge is 0.364 e. The highest BCUT2D eigenvalue weighted by molar-refractivity contribution is 7.13. The second-order valence-electron chi connectivity index (χ2n) is 6.16. The van der Waals surface area contributed by atoms with Crippen molar-refractivity contribution in [2.24, 2.45) is 0 Å². The molecule has 2 amide bonds. The van der Waals surface area contributed by atoms with E-state index in [4.69, 9.17) is 4.74 Å². The number of halogens is 1. The second kappa shape index (κ2) is 9.85. The number of anilines is 1. The molecule has 0 bridgehead atoms. The lowest BCUT2D eigenvalue weighted by molar-refractivity contribution is -0.126. The Morgan fingerprint density at radius 2 is 1.93 bits per heavy atom. The summed E-state index contributed by atoms with van der Waals surface area (Å²) in [5, 5.41) is 13.7. The molecule has 0 aliphatic carbocycles. The van der Waals surface area contributed by atoms with Crippen molar-refractivity contribution in [2.75, 3.05) is 11.9 Å². The van der Waals surface area contributed by atoms with Gasteiger partial charge in [0.15, 0.2) is 0 Å². The molecule has 0 spiro atoms. The number of benzene rings is 2. The van der Waals surface area contributed by atoms with Crippen LogP contribution in [0.2, 0.25) is 0 Å². The van der Waals surface area contributed by atoms with Crippen LogP contribution in [0.4, 0.5) is 10.1 Å².